The molecule has 1 N–H and O–H groups in total. The number of nitrogens with zero attached hydrogens (tertiary/aromatic N) is 4. The van der Waals surface area contributed by atoms with Crippen LogP contribution in [0.5, 0.6) is 0 Å². The third-order valence-corrected chi connectivity index (χ3v) is 7.03. The van der Waals surface area contributed by atoms with Crippen LogP contribution in [-0.2, 0) is 0 Å². The van der Waals surface area contributed by atoms with Gasteiger partial charge in [-0.05, 0) is 44.5 Å². The number of piperidine rings is 1. The van der Waals surface area contributed by atoms with Crippen molar-refractivity contribution in [1.82, 2.24) is 20.3 Å². The Bertz CT molecular complexity index is 1000. The van der Waals surface area contributed by atoms with Gasteiger partial charge in [0, 0.05) is 30.4 Å². The fraction of sp³-hybridized carbons (Fsp3) is 0.450. The third-order valence-electron chi connectivity index (χ3n) is 5.56. The topological polar surface area (TPSA) is 53.9 Å². The van der Waals surface area contributed by atoms with Crippen LogP contribution in [0.2, 0.25) is 5.02 Å². The Morgan fingerprint density at radius 3 is 2.79 bits per heavy atom. The van der Waals surface area contributed by atoms with Crippen molar-refractivity contribution in [2.75, 3.05) is 31.1 Å². The molecule has 2 fully saturated rings. The third kappa shape index (κ3) is 3.36. The summed E-state index contributed by atoms with van der Waals surface area (Å²) in [5, 5.41) is 5.13. The summed E-state index contributed by atoms with van der Waals surface area (Å²) in [6.07, 6.45) is 5.57. The van der Waals surface area contributed by atoms with Crippen molar-refractivity contribution in [3.05, 3.63) is 34.6 Å². The second-order valence-electron chi connectivity index (χ2n) is 7.44. The number of pyridine rings is 2. The summed E-state index contributed by atoms with van der Waals surface area (Å²) in [4.78, 5) is 17.0. The van der Waals surface area contributed by atoms with Gasteiger partial charge in [0.2, 0.25) is 0 Å². The van der Waals surface area contributed by atoms with Crippen LogP contribution in [-0.4, -0.2) is 47.3 Å². The van der Waals surface area contributed by atoms with Crippen molar-refractivity contribution in [2.24, 2.45) is 0 Å². The minimum Gasteiger partial charge on any atom is -0.354 e. The molecule has 5 rings (SSSR count). The summed E-state index contributed by atoms with van der Waals surface area (Å²) in [5.74, 6) is 1.28. The van der Waals surface area contributed by atoms with Crippen LogP contribution >= 0.6 is 22.9 Å². The summed E-state index contributed by atoms with van der Waals surface area (Å²) in [6, 6.07) is 3.86. The lowest BCUT2D eigenvalue weighted by Crippen LogP contribution is -2.26. The van der Waals surface area contributed by atoms with Gasteiger partial charge >= 0.3 is 0 Å². The highest BCUT2D eigenvalue weighted by Crippen LogP contribution is 2.40. The largest absolute Gasteiger partial charge is 0.354 e. The molecule has 0 aromatic carbocycles. The molecular weight excluding hydrogens is 397 g/mol. The van der Waals surface area contributed by atoms with Gasteiger partial charge in [0.05, 0.1) is 27.0 Å². The van der Waals surface area contributed by atoms with Crippen LogP contribution in [0, 0.1) is 0 Å². The number of halogens is 2. The molecule has 0 amide bonds. The molecule has 0 spiro atoms. The molecule has 5 heterocycles. The van der Waals surface area contributed by atoms with Crippen LogP contribution in [0.4, 0.5) is 10.2 Å². The number of hydrogen-bond donors (Lipinski definition) is 1. The van der Waals surface area contributed by atoms with Gasteiger partial charge in [-0.2, -0.15) is 0 Å². The predicted molar refractivity (Wildman–Crippen MR) is 112 cm³/mol. The van der Waals surface area contributed by atoms with Gasteiger partial charge in [0.15, 0.2) is 0 Å². The molecule has 28 heavy (non-hydrogen) atoms. The molecule has 2 aliphatic rings. The lowest BCUT2D eigenvalue weighted by molar-refractivity contribution is 0.364. The fourth-order valence-corrected chi connectivity index (χ4v) is 5.47. The van der Waals surface area contributed by atoms with E-state index >= 15 is 0 Å². The van der Waals surface area contributed by atoms with Gasteiger partial charge in [-0.1, -0.05) is 11.6 Å². The van der Waals surface area contributed by atoms with Crippen molar-refractivity contribution in [1.29, 1.82) is 0 Å². The van der Waals surface area contributed by atoms with E-state index in [0.717, 1.165) is 58.2 Å². The number of alkyl halides is 1. The Morgan fingerprint density at radius 2 is 2.00 bits per heavy atom. The van der Waals surface area contributed by atoms with Crippen LogP contribution in [0.1, 0.15) is 30.2 Å². The molecular formula is C20H21ClFN5S. The first-order valence-corrected chi connectivity index (χ1v) is 10.9. The number of hydrogen-bond acceptors (Lipinski definition) is 6. The van der Waals surface area contributed by atoms with E-state index in [1.54, 1.807) is 17.5 Å². The Kier molecular flexibility index (Phi) is 4.90. The van der Waals surface area contributed by atoms with Crippen LogP contribution in [0.25, 0.3) is 21.5 Å². The Balaban J connectivity index is 1.56. The van der Waals surface area contributed by atoms with Crippen molar-refractivity contribution < 1.29 is 4.39 Å². The maximum absolute atomic E-state index is 13.6. The highest BCUT2D eigenvalue weighted by Gasteiger charge is 2.24. The van der Waals surface area contributed by atoms with E-state index in [2.05, 4.69) is 10.3 Å². The van der Waals surface area contributed by atoms with E-state index in [0.29, 0.717) is 30.5 Å². The highest BCUT2D eigenvalue weighted by atomic mass is 35.5. The summed E-state index contributed by atoms with van der Waals surface area (Å²) >= 11 is 8.26. The molecule has 2 saturated heterocycles. The van der Waals surface area contributed by atoms with Crippen molar-refractivity contribution >= 4 is 39.8 Å². The van der Waals surface area contributed by atoms with Gasteiger partial charge in [-0.25, -0.2) is 14.4 Å². The van der Waals surface area contributed by atoms with E-state index < -0.39 is 6.17 Å². The zero-order chi connectivity index (χ0) is 19.1. The monoisotopic (exact) mass is 417 g/mol. The highest BCUT2D eigenvalue weighted by molar-refractivity contribution is 7.15. The SMILES string of the molecule is FC1CCN(c2ccc3ncc(Cl)c(-c4cnc(C5CCNCC5)s4)c3n2)C1. The van der Waals surface area contributed by atoms with E-state index in [4.69, 9.17) is 21.6 Å². The number of aromatic nitrogens is 3. The van der Waals surface area contributed by atoms with Crippen LogP contribution in [0.3, 0.4) is 0 Å². The summed E-state index contributed by atoms with van der Waals surface area (Å²) in [5.41, 5.74) is 2.42. The minimum atomic E-state index is -0.788. The standard InChI is InChI=1S/C20H21ClFN5S/c21-14-9-24-15-1-2-17(27-8-5-13(22)11-27)26-19(15)18(14)16-10-25-20(28-16)12-3-6-23-7-4-12/h1-2,9-10,12-13,23H,3-8,11H2. The number of nitrogens with one attached hydrogen (secondary N) is 1. The number of thiazole rings is 1. The van der Waals surface area contributed by atoms with E-state index in [1.807, 2.05) is 23.2 Å². The number of anilines is 1. The lowest BCUT2D eigenvalue weighted by atomic mass is 9.99. The Morgan fingerprint density at radius 1 is 1.14 bits per heavy atom. The molecule has 3 aromatic heterocycles. The predicted octanol–water partition coefficient (Wildman–Crippen LogP) is 4.42. The lowest BCUT2D eigenvalue weighted by Gasteiger charge is -2.20. The average Bonchev–Trinajstić information content (AvgIpc) is 3.37. The molecule has 0 aliphatic carbocycles. The summed E-state index contributed by atoms with van der Waals surface area (Å²) in [6.45, 7) is 3.15. The summed E-state index contributed by atoms with van der Waals surface area (Å²) < 4.78 is 13.6. The number of rotatable bonds is 3. The average molecular weight is 418 g/mol. The normalized spacial score (nSPS) is 20.9. The first kappa shape index (κ1) is 18.2. The van der Waals surface area contributed by atoms with Gasteiger partial charge in [0.25, 0.3) is 0 Å². The second-order valence-corrected chi connectivity index (χ2v) is 8.91. The molecule has 1 atom stereocenters. The first-order valence-electron chi connectivity index (χ1n) is 9.70. The molecule has 3 aromatic rings. The number of fused-ring (bicyclic) bond motifs is 1. The van der Waals surface area contributed by atoms with Gasteiger partial charge < -0.3 is 10.2 Å². The Hall–Kier alpha value is -1.83. The molecule has 0 radical (unpaired) electrons. The first-order chi connectivity index (χ1) is 13.7. The maximum atomic E-state index is 13.6. The molecule has 5 nitrogen and oxygen atoms in total. The molecule has 2 aliphatic heterocycles. The smallest absolute Gasteiger partial charge is 0.129 e. The molecule has 0 bridgehead atoms. The zero-order valence-electron chi connectivity index (χ0n) is 15.4. The van der Waals surface area contributed by atoms with E-state index in [-0.39, 0.29) is 0 Å². The van der Waals surface area contributed by atoms with Crippen molar-refractivity contribution in [3.8, 4) is 10.4 Å². The Labute approximate surface area is 172 Å². The summed E-state index contributed by atoms with van der Waals surface area (Å²) in [7, 11) is 0. The maximum Gasteiger partial charge on any atom is 0.129 e. The molecule has 0 saturated carbocycles. The van der Waals surface area contributed by atoms with Gasteiger partial charge in [-0.3, -0.25) is 4.98 Å². The molecule has 1 unspecified atom stereocenters. The van der Waals surface area contributed by atoms with Crippen molar-refractivity contribution in [3.63, 3.8) is 0 Å². The van der Waals surface area contributed by atoms with Crippen LogP contribution in [0.15, 0.2) is 24.5 Å². The second kappa shape index (κ2) is 7.54. The molecule has 146 valence electrons. The van der Waals surface area contributed by atoms with E-state index in [9.17, 15) is 4.39 Å². The van der Waals surface area contributed by atoms with Gasteiger partial charge in [0.1, 0.15) is 17.5 Å². The quantitative estimate of drug-likeness (QED) is 0.683. The fourth-order valence-electron chi connectivity index (χ4n) is 4.03. The minimum absolute atomic E-state index is 0.391. The zero-order valence-corrected chi connectivity index (χ0v) is 16.9. The molecule has 8 heteroatoms. The van der Waals surface area contributed by atoms with Crippen molar-refractivity contribution in [2.45, 2.75) is 31.4 Å². The van der Waals surface area contributed by atoms with E-state index in [1.165, 1.54) is 0 Å². The van der Waals surface area contributed by atoms with Gasteiger partial charge in [-0.15, -0.1) is 11.3 Å². The van der Waals surface area contributed by atoms with Crippen LogP contribution < -0.4 is 10.2 Å².